The molecule has 0 saturated heterocycles. The molecule has 0 bridgehead atoms. The zero-order chi connectivity index (χ0) is 18.4. The van der Waals surface area contributed by atoms with Crippen LogP contribution in [-0.2, 0) is 5.41 Å². The van der Waals surface area contributed by atoms with E-state index in [0.717, 1.165) is 6.42 Å². The fourth-order valence-corrected chi connectivity index (χ4v) is 3.28. The van der Waals surface area contributed by atoms with Gasteiger partial charge in [-0.05, 0) is 49.4 Å². The van der Waals surface area contributed by atoms with E-state index in [9.17, 15) is 4.79 Å². The van der Waals surface area contributed by atoms with E-state index in [1.54, 1.807) is 18.2 Å². The van der Waals surface area contributed by atoms with Crippen molar-refractivity contribution in [2.75, 3.05) is 6.61 Å². The van der Waals surface area contributed by atoms with Crippen LogP contribution in [0.4, 0.5) is 0 Å². The number of halogens is 1. The van der Waals surface area contributed by atoms with E-state index in [1.165, 1.54) is 5.56 Å². The maximum Gasteiger partial charge on any atom is 0.251 e. The fourth-order valence-electron chi connectivity index (χ4n) is 3.05. The average molecular weight is 360 g/mol. The third kappa shape index (κ3) is 5.23. The molecule has 0 saturated carbocycles. The second-order valence-corrected chi connectivity index (χ2v) is 7.31. The second-order valence-electron chi connectivity index (χ2n) is 6.91. The van der Waals surface area contributed by atoms with E-state index >= 15 is 0 Å². The molecule has 1 amide bonds. The van der Waals surface area contributed by atoms with Crippen LogP contribution in [0.1, 0.15) is 50.0 Å². The van der Waals surface area contributed by atoms with Crippen molar-refractivity contribution in [1.82, 2.24) is 5.32 Å². The Morgan fingerprint density at radius 3 is 2.48 bits per heavy atom. The van der Waals surface area contributed by atoms with Gasteiger partial charge in [0.15, 0.2) is 0 Å². The Labute approximate surface area is 155 Å². The molecule has 2 rings (SSSR count). The minimum Gasteiger partial charge on any atom is -0.492 e. The highest BCUT2D eigenvalue weighted by Gasteiger charge is 2.24. The van der Waals surface area contributed by atoms with Crippen molar-refractivity contribution >= 4 is 17.5 Å². The third-order valence-electron chi connectivity index (χ3n) is 4.24. The van der Waals surface area contributed by atoms with Crippen molar-refractivity contribution in [1.29, 1.82) is 0 Å². The lowest BCUT2D eigenvalue weighted by Gasteiger charge is -2.29. The Hall–Kier alpha value is -2.00. The molecule has 25 heavy (non-hydrogen) atoms. The summed E-state index contributed by atoms with van der Waals surface area (Å²) in [5, 5.41) is 3.51. The predicted octanol–water partition coefficient (Wildman–Crippen LogP) is 5.22. The topological polar surface area (TPSA) is 38.3 Å². The van der Waals surface area contributed by atoms with Gasteiger partial charge in [-0.25, -0.2) is 0 Å². The summed E-state index contributed by atoms with van der Waals surface area (Å²) in [5.74, 6) is 0.472. The zero-order valence-electron chi connectivity index (χ0n) is 15.3. The summed E-state index contributed by atoms with van der Waals surface area (Å²) in [6.45, 7) is 8.85. The predicted molar refractivity (Wildman–Crippen MR) is 104 cm³/mol. The third-order valence-corrected chi connectivity index (χ3v) is 4.54. The molecule has 0 aliphatic carbocycles. The molecule has 1 N–H and O–H groups in total. The van der Waals surface area contributed by atoms with Crippen molar-refractivity contribution in [3.8, 4) is 5.75 Å². The summed E-state index contributed by atoms with van der Waals surface area (Å²) in [6.07, 6.45) is 0.841. The van der Waals surface area contributed by atoms with Crippen LogP contribution in [-0.4, -0.2) is 18.6 Å². The number of hydrogen-bond donors (Lipinski definition) is 1. The first-order valence-corrected chi connectivity index (χ1v) is 9.00. The first-order chi connectivity index (χ1) is 11.8. The maximum atomic E-state index is 12.5. The van der Waals surface area contributed by atoms with Gasteiger partial charge in [0.2, 0.25) is 0 Å². The van der Waals surface area contributed by atoms with Gasteiger partial charge >= 0.3 is 0 Å². The number of rotatable bonds is 7. The van der Waals surface area contributed by atoms with E-state index < -0.39 is 0 Å². The molecular formula is C21H26ClNO2. The minimum absolute atomic E-state index is 0.0234. The lowest BCUT2D eigenvalue weighted by atomic mass is 9.79. The standard InChI is InChI=1S/C21H26ClNO2/c1-5-25-19-12-11-16(13-18(19)22)20(24)23-15(2)14-21(3,4)17-9-7-6-8-10-17/h6-13,15H,5,14H2,1-4H3,(H,23,24)/t15-/m0/s1. The molecule has 0 spiro atoms. The zero-order valence-corrected chi connectivity index (χ0v) is 16.1. The van der Waals surface area contributed by atoms with E-state index in [0.29, 0.717) is 22.9 Å². The molecule has 134 valence electrons. The molecule has 0 fully saturated rings. The largest absolute Gasteiger partial charge is 0.492 e. The molecule has 2 aromatic rings. The summed E-state index contributed by atoms with van der Waals surface area (Å²) in [4.78, 5) is 12.5. The van der Waals surface area contributed by atoms with Gasteiger partial charge in [0.1, 0.15) is 5.75 Å². The second kappa shape index (κ2) is 8.39. The van der Waals surface area contributed by atoms with Crippen LogP contribution in [0.5, 0.6) is 5.75 Å². The first-order valence-electron chi connectivity index (χ1n) is 8.62. The van der Waals surface area contributed by atoms with E-state index in [4.69, 9.17) is 16.3 Å². The van der Waals surface area contributed by atoms with Crippen LogP contribution in [0, 0.1) is 0 Å². The van der Waals surface area contributed by atoms with E-state index in [-0.39, 0.29) is 17.4 Å². The number of carbonyl (C=O) groups is 1. The van der Waals surface area contributed by atoms with Crippen molar-refractivity contribution < 1.29 is 9.53 Å². The average Bonchev–Trinajstić information content (AvgIpc) is 2.57. The Morgan fingerprint density at radius 2 is 1.88 bits per heavy atom. The van der Waals surface area contributed by atoms with Gasteiger partial charge in [-0.15, -0.1) is 0 Å². The Balaban J connectivity index is 2.01. The van der Waals surface area contributed by atoms with Gasteiger partial charge in [-0.3, -0.25) is 4.79 Å². The van der Waals surface area contributed by atoms with Crippen molar-refractivity contribution in [2.24, 2.45) is 0 Å². The van der Waals surface area contributed by atoms with Crippen molar-refractivity contribution in [3.05, 3.63) is 64.7 Å². The smallest absolute Gasteiger partial charge is 0.251 e. The van der Waals surface area contributed by atoms with Crippen LogP contribution < -0.4 is 10.1 Å². The quantitative estimate of drug-likeness (QED) is 0.735. The Bertz CT molecular complexity index is 713. The molecule has 0 aliphatic heterocycles. The number of nitrogens with one attached hydrogen (secondary N) is 1. The highest BCUT2D eigenvalue weighted by atomic mass is 35.5. The Kier molecular flexibility index (Phi) is 6.49. The molecule has 0 heterocycles. The number of ether oxygens (including phenoxy) is 1. The maximum absolute atomic E-state index is 12.5. The van der Waals surface area contributed by atoms with Gasteiger partial charge in [0.25, 0.3) is 5.91 Å². The van der Waals surface area contributed by atoms with Gasteiger partial charge in [-0.2, -0.15) is 0 Å². The lowest BCUT2D eigenvalue weighted by molar-refractivity contribution is 0.0934. The molecule has 0 unspecified atom stereocenters. The number of amides is 1. The molecular weight excluding hydrogens is 334 g/mol. The van der Waals surface area contributed by atoms with Crippen LogP contribution in [0.25, 0.3) is 0 Å². The van der Waals surface area contributed by atoms with Crippen LogP contribution in [0.3, 0.4) is 0 Å². The molecule has 4 heteroatoms. The van der Waals surface area contributed by atoms with Crippen LogP contribution >= 0.6 is 11.6 Å². The molecule has 0 aliphatic rings. The van der Waals surface area contributed by atoms with E-state index in [1.807, 2.05) is 32.0 Å². The first kappa shape index (κ1) is 19.3. The summed E-state index contributed by atoms with van der Waals surface area (Å²) in [7, 11) is 0. The van der Waals surface area contributed by atoms with Gasteiger partial charge in [0.05, 0.1) is 11.6 Å². The van der Waals surface area contributed by atoms with Crippen molar-refractivity contribution in [2.45, 2.75) is 45.6 Å². The summed E-state index contributed by atoms with van der Waals surface area (Å²) < 4.78 is 5.40. The summed E-state index contributed by atoms with van der Waals surface area (Å²) in [6, 6.07) is 15.5. The van der Waals surface area contributed by atoms with E-state index in [2.05, 4.69) is 31.3 Å². The molecule has 0 aromatic heterocycles. The van der Waals surface area contributed by atoms with Gasteiger partial charge < -0.3 is 10.1 Å². The normalized spacial score (nSPS) is 12.5. The minimum atomic E-state index is -0.124. The molecule has 3 nitrogen and oxygen atoms in total. The molecule has 1 atom stereocenters. The highest BCUT2D eigenvalue weighted by molar-refractivity contribution is 6.32. The van der Waals surface area contributed by atoms with Crippen LogP contribution in [0.15, 0.2) is 48.5 Å². The monoisotopic (exact) mass is 359 g/mol. The fraction of sp³-hybridized carbons (Fsp3) is 0.381. The van der Waals surface area contributed by atoms with Crippen LogP contribution in [0.2, 0.25) is 5.02 Å². The van der Waals surface area contributed by atoms with Gasteiger partial charge in [-0.1, -0.05) is 55.8 Å². The summed E-state index contributed by atoms with van der Waals surface area (Å²) in [5.41, 5.74) is 1.78. The molecule has 0 radical (unpaired) electrons. The molecule has 2 aromatic carbocycles. The van der Waals surface area contributed by atoms with Crippen molar-refractivity contribution in [3.63, 3.8) is 0 Å². The SMILES string of the molecule is CCOc1ccc(C(=O)N[C@@H](C)CC(C)(C)c2ccccc2)cc1Cl. The summed E-state index contributed by atoms with van der Waals surface area (Å²) >= 11 is 6.17. The highest BCUT2D eigenvalue weighted by Crippen LogP contribution is 2.29. The number of benzene rings is 2. The number of hydrogen-bond acceptors (Lipinski definition) is 2. The lowest BCUT2D eigenvalue weighted by Crippen LogP contribution is -2.37. The van der Waals surface area contributed by atoms with Gasteiger partial charge in [0, 0.05) is 11.6 Å². The number of carbonyl (C=O) groups excluding carboxylic acids is 1. The Morgan fingerprint density at radius 1 is 1.20 bits per heavy atom.